The summed E-state index contributed by atoms with van der Waals surface area (Å²) < 4.78 is 1.98. The van der Waals surface area contributed by atoms with E-state index in [1.165, 1.54) is 0 Å². The Morgan fingerprint density at radius 3 is 2.56 bits per heavy atom. The van der Waals surface area contributed by atoms with Crippen LogP contribution in [-0.2, 0) is 7.05 Å². The Labute approximate surface area is 158 Å². The van der Waals surface area contributed by atoms with Crippen molar-refractivity contribution < 1.29 is 4.79 Å². The highest BCUT2D eigenvalue weighted by Gasteiger charge is 2.18. The molecular weight excluding hydrogens is 340 g/mol. The smallest absolute Gasteiger partial charge is 0.275 e. The normalized spacial score (nSPS) is 15.3. The molecule has 0 atom stereocenters. The summed E-state index contributed by atoms with van der Waals surface area (Å²) in [5, 5.41) is 2.89. The van der Waals surface area contributed by atoms with Gasteiger partial charge in [0.05, 0.1) is 11.0 Å². The lowest BCUT2D eigenvalue weighted by molar-refractivity contribution is 0.102. The zero-order valence-electron chi connectivity index (χ0n) is 15.9. The lowest BCUT2D eigenvalue weighted by Crippen LogP contribution is -2.45. The van der Waals surface area contributed by atoms with E-state index in [0.29, 0.717) is 11.5 Å². The lowest BCUT2D eigenvalue weighted by atomic mass is 10.2. The fourth-order valence-corrected chi connectivity index (χ4v) is 3.38. The summed E-state index contributed by atoms with van der Waals surface area (Å²) in [5.74, 6) is 1.24. The second-order valence-electron chi connectivity index (χ2n) is 7.11. The van der Waals surface area contributed by atoms with E-state index in [0.717, 1.165) is 48.6 Å². The van der Waals surface area contributed by atoms with Crippen molar-refractivity contribution in [1.82, 2.24) is 19.4 Å². The summed E-state index contributed by atoms with van der Waals surface area (Å²) in [6.45, 7) is 5.95. The van der Waals surface area contributed by atoms with E-state index in [-0.39, 0.29) is 5.91 Å². The molecule has 0 bridgehead atoms. The number of piperazine rings is 1. The van der Waals surface area contributed by atoms with Crippen LogP contribution in [0.1, 0.15) is 16.1 Å². The molecule has 1 aliphatic heterocycles. The Morgan fingerprint density at radius 2 is 1.78 bits per heavy atom. The maximum absolute atomic E-state index is 12.6. The molecule has 0 radical (unpaired) electrons. The predicted octanol–water partition coefficient (Wildman–Crippen LogP) is 2.28. The van der Waals surface area contributed by atoms with Gasteiger partial charge in [-0.2, -0.15) is 0 Å². The molecule has 1 saturated heterocycles. The Balaban J connectivity index is 1.54. The number of nitrogens with one attached hydrogen (secondary N) is 1. The molecule has 3 aromatic rings. The van der Waals surface area contributed by atoms with Crippen molar-refractivity contribution in [3.63, 3.8) is 0 Å². The minimum atomic E-state index is -0.249. The van der Waals surface area contributed by atoms with Crippen molar-refractivity contribution >= 4 is 28.6 Å². The fourth-order valence-electron chi connectivity index (χ4n) is 3.38. The Kier molecular flexibility index (Phi) is 4.53. The van der Waals surface area contributed by atoms with Gasteiger partial charge < -0.3 is 19.7 Å². The molecule has 0 unspecified atom stereocenters. The number of pyridine rings is 2. The monoisotopic (exact) mass is 364 g/mol. The molecule has 140 valence electrons. The molecule has 0 aromatic carbocycles. The molecular formula is C20H24N6O. The summed E-state index contributed by atoms with van der Waals surface area (Å²) in [6, 6.07) is 9.41. The first-order valence-electron chi connectivity index (χ1n) is 9.16. The quantitative estimate of drug-likeness (QED) is 0.772. The van der Waals surface area contributed by atoms with Crippen LogP contribution in [0.4, 0.5) is 11.6 Å². The minimum absolute atomic E-state index is 0.249. The van der Waals surface area contributed by atoms with Gasteiger partial charge in [-0.25, -0.2) is 9.97 Å². The van der Waals surface area contributed by atoms with Crippen molar-refractivity contribution in [1.29, 1.82) is 0 Å². The van der Waals surface area contributed by atoms with Gasteiger partial charge in [0.15, 0.2) is 0 Å². The molecule has 1 amide bonds. The van der Waals surface area contributed by atoms with E-state index in [9.17, 15) is 4.79 Å². The molecule has 0 saturated carbocycles. The number of hydrogen-bond acceptors (Lipinski definition) is 5. The van der Waals surface area contributed by atoms with E-state index in [4.69, 9.17) is 4.98 Å². The number of carbonyl (C=O) groups excluding carboxylic acids is 1. The van der Waals surface area contributed by atoms with Gasteiger partial charge in [-0.15, -0.1) is 0 Å². The number of hydrogen-bond donors (Lipinski definition) is 1. The Hall–Kier alpha value is -2.93. The largest absolute Gasteiger partial charge is 0.354 e. The van der Waals surface area contributed by atoms with Crippen LogP contribution in [0.2, 0.25) is 0 Å². The summed E-state index contributed by atoms with van der Waals surface area (Å²) in [5.41, 5.74) is 3.30. The molecule has 1 N–H and O–H groups in total. The lowest BCUT2D eigenvalue weighted by Gasteiger charge is -2.34. The first-order chi connectivity index (χ1) is 13.0. The summed E-state index contributed by atoms with van der Waals surface area (Å²) in [6.07, 6.45) is 1.93. The highest BCUT2D eigenvalue weighted by atomic mass is 16.1. The summed E-state index contributed by atoms with van der Waals surface area (Å²) in [7, 11) is 4.09. The number of likely N-dealkylation sites (N-methyl/N-ethyl adjacent to an activating group) is 1. The van der Waals surface area contributed by atoms with E-state index in [1.807, 2.05) is 42.1 Å². The topological polar surface area (TPSA) is 66.3 Å². The Bertz CT molecular complexity index is 987. The number of rotatable bonds is 3. The molecule has 4 heterocycles. The minimum Gasteiger partial charge on any atom is -0.354 e. The average molecular weight is 364 g/mol. The number of fused-ring (bicyclic) bond motifs is 1. The molecule has 4 rings (SSSR count). The van der Waals surface area contributed by atoms with Crippen molar-refractivity contribution in [2.75, 3.05) is 43.4 Å². The van der Waals surface area contributed by atoms with Gasteiger partial charge in [0.1, 0.15) is 17.3 Å². The maximum atomic E-state index is 12.6. The van der Waals surface area contributed by atoms with Gasteiger partial charge in [-0.3, -0.25) is 4.79 Å². The molecule has 27 heavy (non-hydrogen) atoms. The van der Waals surface area contributed by atoms with Crippen LogP contribution in [0.3, 0.4) is 0 Å². The number of aromatic nitrogens is 3. The zero-order valence-corrected chi connectivity index (χ0v) is 15.9. The van der Waals surface area contributed by atoms with Crippen molar-refractivity contribution in [2.45, 2.75) is 6.92 Å². The van der Waals surface area contributed by atoms with Crippen LogP contribution >= 0.6 is 0 Å². The van der Waals surface area contributed by atoms with Gasteiger partial charge in [-0.1, -0.05) is 6.07 Å². The van der Waals surface area contributed by atoms with E-state index >= 15 is 0 Å². The average Bonchev–Trinajstić information content (AvgIpc) is 3.04. The number of anilines is 2. The van der Waals surface area contributed by atoms with Crippen LogP contribution in [0, 0.1) is 6.92 Å². The zero-order chi connectivity index (χ0) is 19.0. The first kappa shape index (κ1) is 17.5. The third kappa shape index (κ3) is 3.50. The molecule has 0 spiro atoms. The van der Waals surface area contributed by atoms with Gasteiger partial charge in [0.25, 0.3) is 5.91 Å². The number of amides is 1. The molecule has 0 aliphatic carbocycles. The molecule has 7 heteroatoms. The number of carbonyl (C=O) groups is 1. The third-order valence-corrected chi connectivity index (χ3v) is 5.09. The molecule has 7 nitrogen and oxygen atoms in total. The van der Waals surface area contributed by atoms with Gasteiger partial charge in [-0.05, 0) is 43.8 Å². The highest BCUT2D eigenvalue weighted by Crippen LogP contribution is 2.22. The summed E-state index contributed by atoms with van der Waals surface area (Å²) in [4.78, 5) is 26.4. The standard InChI is InChI=1S/C20H24N6O/c1-14-4-7-18(22-19(14)26-12-10-24(2)11-13-26)23-20(27)16-5-6-17-15(21-16)8-9-25(17)3/h4-9H,10-13H2,1-3H3,(H,22,23,27). The van der Waals surface area contributed by atoms with Crippen LogP contribution in [0.5, 0.6) is 0 Å². The highest BCUT2D eigenvalue weighted by molar-refractivity contribution is 6.03. The van der Waals surface area contributed by atoms with Gasteiger partial charge in [0.2, 0.25) is 0 Å². The number of aryl methyl sites for hydroxylation is 2. The van der Waals surface area contributed by atoms with Gasteiger partial charge >= 0.3 is 0 Å². The predicted molar refractivity (Wildman–Crippen MR) is 107 cm³/mol. The molecule has 1 aliphatic rings. The Morgan fingerprint density at radius 1 is 1.00 bits per heavy atom. The van der Waals surface area contributed by atoms with Crippen molar-refractivity contribution in [2.24, 2.45) is 7.05 Å². The maximum Gasteiger partial charge on any atom is 0.275 e. The van der Waals surface area contributed by atoms with E-state index in [2.05, 4.69) is 34.1 Å². The van der Waals surface area contributed by atoms with Crippen molar-refractivity contribution in [3.05, 3.63) is 47.8 Å². The third-order valence-electron chi connectivity index (χ3n) is 5.09. The van der Waals surface area contributed by atoms with Crippen LogP contribution in [0.15, 0.2) is 36.5 Å². The van der Waals surface area contributed by atoms with Crippen LogP contribution in [-0.4, -0.2) is 58.6 Å². The SMILES string of the molecule is Cc1ccc(NC(=O)c2ccc3c(ccn3C)n2)nc1N1CCN(C)CC1. The fraction of sp³-hybridized carbons (Fsp3) is 0.350. The van der Waals surface area contributed by atoms with E-state index < -0.39 is 0 Å². The second-order valence-corrected chi connectivity index (χ2v) is 7.11. The summed E-state index contributed by atoms with van der Waals surface area (Å²) >= 11 is 0. The molecule has 1 fully saturated rings. The van der Waals surface area contributed by atoms with Crippen LogP contribution in [0.25, 0.3) is 11.0 Å². The first-order valence-corrected chi connectivity index (χ1v) is 9.16. The molecule has 3 aromatic heterocycles. The number of nitrogens with zero attached hydrogens (tertiary/aromatic N) is 5. The van der Waals surface area contributed by atoms with Gasteiger partial charge in [0, 0.05) is 39.4 Å². The second kappa shape index (κ2) is 7.00. The van der Waals surface area contributed by atoms with Crippen molar-refractivity contribution in [3.8, 4) is 0 Å². The van der Waals surface area contributed by atoms with Crippen LogP contribution < -0.4 is 10.2 Å². The van der Waals surface area contributed by atoms with E-state index in [1.54, 1.807) is 6.07 Å².